The number of ether oxygens (including phenoxy) is 2. The van der Waals surface area contributed by atoms with Crippen LogP contribution >= 0.6 is 34.9 Å². The van der Waals surface area contributed by atoms with Gasteiger partial charge in [0.1, 0.15) is 6.10 Å². The number of hydrogen-bond acceptors (Lipinski definition) is 7. The fraction of sp³-hybridized carbons (Fsp3) is 0.542. The summed E-state index contributed by atoms with van der Waals surface area (Å²) < 4.78 is 17.3. The average molecular weight is 508 g/mol. The minimum Gasteiger partial charge on any atom is -0.393 e. The summed E-state index contributed by atoms with van der Waals surface area (Å²) in [4.78, 5) is 7.94. The van der Waals surface area contributed by atoms with Crippen molar-refractivity contribution in [2.75, 3.05) is 13.2 Å². The van der Waals surface area contributed by atoms with Gasteiger partial charge in [0.2, 0.25) is 0 Å². The number of nitrogens with one attached hydrogen (secondary N) is 1. The quantitative estimate of drug-likeness (QED) is 0.407. The molecule has 2 aromatic heterocycles. The molecule has 2 fully saturated rings. The Balaban J connectivity index is 1.39. The Morgan fingerprint density at radius 1 is 1.27 bits per heavy atom. The Morgan fingerprint density at radius 3 is 2.73 bits per heavy atom. The minimum absolute atomic E-state index is 0.153. The molecule has 1 aliphatic carbocycles. The monoisotopic (exact) mass is 507 g/mol. The van der Waals surface area contributed by atoms with Crippen molar-refractivity contribution in [2.24, 2.45) is 0 Å². The summed E-state index contributed by atoms with van der Waals surface area (Å²) in [7, 11) is 0. The van der Waals surface area contributed by atoms with Gasteiger partial charge in [-0.1, -0.05) is 29.0 Å². The van der Waals surface area contributed by atoms with E-state index in [0.29, 0.717) is 19.3 Å². The van der Waals surface area contributed by atoms with Gasteiger partial charge in [0, 0.05) is 22.7 Å². The molecule has 1 saturated heterocycles. The number of aromatic nitrogens is 2. The molecule has 1 aromatic carbocycles. The van der Waals surface area contributed by atoms with Crippen LogP contribution < -0.4 is 4.72 Å². The van der Waals surface area contributed by atoms with E-state index in [9.17, 15) is 5.11 Å². The lowest BCUT2D eigenvalue weighted by molar-refractivity contribution is -0.184. The number of thiazole rings is 1. The van der Waals surface area contributed by atoms with Crippen molar-refractivity contribution in [1.29, 1.82) is 0 Å². The van der Waals surface area contributed by atoms with Crippen molar-refractivity contribution < 1.29 is 14.6 Å². The number of imidazole rings is 1. The molecule has 0 atom stereocenters. The van der Waals surface area contributed by atoms with E-state index in [-0.39, 0.29) is 12.2 Å². The van der Waals surface area contributed by atoms with Crippen molar-refractivity contribution in [2.45, 2.75) is 75.2 Å². The number of rotatable bonds is 7. The van der Waals surface area contributed by atoms with Gasteiger partial charge in [-0.3, -0.25) is 9.12 Å². The van der Waals surface area contributed by atoms with Crippen LogP contribution in [0.4, 0.5) is 0 Å². The summed E-state index contributed by atoms with van der Waals surface area (Å²) in [5, 5.41) is 10.5. The molecule has 5 rings (SSSR count). The highest BCUT2D eigenvalue weighted by Gasteiger charge is 2.32. The standard InChI is InChI=1S/C24H30ClN3O3S2/c1-14-22(28-11-21(32-23(28)26-14)24(2,3)31-18-12-30-13-18)15-4-9-19(25)20(10-15)33-27-16-5-7-17(29)8-6-16/h4,9-11,16-18,27,29H,5-8,12-13H2,1-3H3/t16-,17+. The molecule has 1 aliphatic heterocycles. The van der Waals surface area contributed by atoms with Crippen molar-refractivity contribution in [3.63, 3.8) is 0 Å². The Morgan fingerprint density at radius 2 is 2.03 bits per heavy atom. The summed E-state index contributed by atoms with van der Waals surface area (Å²) in [6.45, 7) is 7.59. The van der Waals surface area contributed by atoms with Gasteiger partial charge in [-0.2, -0.15) is 0 Å². The van der Waals surface area contributed by atoms with Crippen LogP contribution in [0.25, 0.3) is 16.2 Å². The molecule has 3 heterocycles. The smallest absolute Gasteiger partial charge is 0.194 e. The second-order valence-electron chi connectivity index (χ2n) is 9.45. The lowest BCUT2D eigenvalue weighted by Crippen LogP contribution is -2.41. The minimum atomic E-state index is -0.399. The molecule has 6 nitrogen and oxygen atoms in total. The third-order valence-electron chi connectivity index (χ3n) is 6.40. The highest BCUT2D eigenvalue weighted by molar-refractivity contribution is 7.97. The normalized spacial score (nSPS) is 22.1. The number of hydrogen-bond donors (Lipinski definition) is 2. The van der Waals surface area contributed by atoms with Crippen LogP contribution in [0.15, 0.2) is 29.3 Å². The number of aliphatic hydroxyl groups excluding tert-OH is 1. The Hall–Kier alpha value is -1.13. The molecule has 33 heavy (non-hydrogen) atoms. The van der Waals surface area contributed by atoms with E-state index in [1.807, 2.05) is 6.07 Å². The number of benzene rings is 1. The summed E-state index contributed by atoms with van der Waals surface area (Å²) in [6, 6.07) is 6.55. The Kier molecular flexibility index (Phi) is 6.79. The number of nitrogens with zero attached hydrogens (tertiary/aromatic N) is 2. The highest BCUT2D eigenvalue weighted by atomic mass is 35.5. The average Bonchev–Trinajstić information content (AvgIpc) is 3.29. The first kappa shape index (κ1) is 23.6. The van der Waals surface area contributed by atoms with E-state index >= 15 is 0 Å². The van der Waals surface area contributed by atoms with E-state index in [4.69, 9.17) is 26.1 Å². The van der Waals surface area contributed by atoms with Crippen LogP contribution in [-0.4, -0.2) is 46.0 Å². The molecule has 178 valence electrons. The topological polar surface area (TPSA) is 68.0 Å². The van der Waals surface area contributed by atoms with Gasteiger partial charge in [0.15, 0.2) is 4.96 Å². The number of halogens is 1. The zero-order chi connectivity index (χ0) is 23.2. The van der Waals surface area contributed by atoms with Crippen LogP contribution in [0.5, 0.6) is 0 Å². The van der Waals surface area contributed by atoms with Crippen LogP contribution in [0.2, 0.25) is 5.02 Å². The predicted octanol–water partition coefficient (Wildman–Crippen LogP) is 5.58. The maximum atomic E-state index is 9.74. The summed E-state index contributed by atoms with van der Waals surface area (Å²) in [6.07, 6.45) is 5.83. The van der Waals surface area contributed by atoms with Crippen LogP contribution in [-0.2, 0) is 15.1 Å². The van der Waals surface area contributed by atoms with E-state index in [2.05, 4.69) is 48.2 Å². The lowest BCUT2D eigenvalue weighted by Gasteiger charge is -2.34. The van der Waals surface area contributed by atoms with Gasteiger partial charge in [-0.05, 0) is 70.5 Å². The first-order valence-corrected chi connectivity index (χ1v) is 13.5. The van der Waals surface area contributed by atoms with Crippen molar-refractivity contribution in [3.05, 3.63) is 40.0 Å². The van der Waals surface area contributed by atoms with Crippen molar-refractivity contribution in [1.82, 2.24) is 14.1 Å². The van der Waals surface area contributed by atoms with Gasteiger partial charge < -0.3 is 14.6 Å². The van der Waals surface area contributed by atoms with Gasteiger partial charge >= 0.3 is 0 Å². The second kappa shape index (κ2) is 9.49. The molecule has 2 N–H and O–H groups in total. The van der Waals surface area contributed by atoms with Crippen LogP contribution in [0.3, 0.4) is 0 Å². The first-order chi connectivity index (χ1) is 15.8. The van der Waals surface area contributed by atoms with E-state index in [1.165, 1.54) is 0 Å². The lowest BCUT2D eigenvalue weighted by atomic mass is 9.94. The fourth-order valence-electron chi connectivity index (χ4n) is 4.41. The molecule has 0 spiro atoms. The van der Waals surface area contributed by atoms with Gasteiger partial charge in [0.25, 0.3) is 0 Å². The zero-order valence-corrected chi connectivity index (χ0v) is 21.5. The van der Waals surface area contributed by atoms with E-state index in [1.54, 1.807) is 23.3 Å². The van der Waals surface area contributed by atoms with Gasteiger partial charge in [-0.25, -0.2) is 4.98 Å². The Labute approximate surface area is 207 Å². The highest BCUT2D eigenvalue weighted by Crippen LogP contribution is 2.38. The molecule has 0 radical (unpaired) electrons. The van der Waals surface area contributed by atoms with Crippen LogP contribution in [0.1, 0.15) is 50.1 Å². The van der Waals surface area contributed by atoms with Gasteiger partial charge in [-0.15, -0.1) is 0 Å². The molecule has 0 amide bonds. The number of aliphatic hydroxyl groups is 1. The third kappa shape index (κ3) is 4.98. The SMILES string of the molecule is Cc1nc2sc(C(C)(C)OC3COC3)cn2c1-c1ccc(Cl)c(SN[C@H]2CC[C@@H](O)CC2)c1. The van der Waals surface area contributed by atoms with Crippen molar-refractivity contribution >= 4 is 39.8 Å². The maximum Gasteiger partial charge on any atom is 0.194 e. The molecular formula is C24H30ClN3O3S2. The molecule has 0 unspecified atom stereocenters. The summed E-state index contributed by atoms with van der Waals surface area (Å²) in [5.41, 5.74) is 2.76. The summed E-state index contributed by atoms with van der Waals surface area (Å²) in [5.74, 6) is 0. The summed E-state index contributed by atoms with van der Waals surface area (Å²) >= 11 is 9.79. The second-order valence-corrected chi connectivity index (χ2v) is 11.7. The van der Waals surface area contributed by atoms with E-state index < -0.39 is 5.60 Å². The largest absolute Gasteiger partial charge is 0.393 e. The van der Waals surface area contributed by atoms with E-state index in [0.717, 1.165) is 62.4 Å². The molecule has 3 aromatic rings. The zero-order valence-electron chi connectivity index (χ0n) is 19.1. The van der Waals surface area contributed by atoms with Gasteiger partial charge in [0.05, 0.1) is 46.2 Å². The Bertz CT molecular complexity index is 1130. The maximum absolute atomic E-state index is 9.74. The molecule has 0 bridgehead atoms. The molecule has 9 heteroatoms. The third-order valence-corrected chi connectivity index (χ3v) is 9.14. The predicted molar refractivity (Wildman–Crippen MR) is 134 cm³/mol. The number of aryl methyl sites for hydroxylation is 1. The van der Waals surface area contributed by atoms with Crippen LogP contribution in [0, 0.1) is 6.92 Å². The fourth-order valence-corrected chi connectivity index (χ4v) is 6.59. The molecule has 2 aliphatic rings. The van der Waals surface area contributed by atoms with Crippen molar-refractivity contribution in [3.8, 4) is 11.3 Å². The number of fused-ring (bicyclic) bond motifs is 1. The molecule has 1 saturated carbocycles. The molecular weight excluding hydrogens is 478 g/mol. The first-order valence-electron chi connectivity index (χ1n) is 11.4.